The quantitative estimate of drug-likeness (QED) is 0.527. The minimum absolute atomic E-state index is 0. The lowest BCUT2D eigenvalue weighted by molar-refractivity contribution is -0.0000245. The zero-order chi connectivity index (χ0) is 16.8. The molecule has 0 fully saturated rings. The molecule has 0 aromatic heterocycles. The van der Waals surface area contributed by atoms with E-state index in [-0.39, 0.29) is 19.8 Å². The lowest BCUT2D eigenvalue weighted by Crippen LogP contribution is -3.00. The molecule has 5 nitrogen and oxygen atoms in total. The molecule has 0 spiro atoms. The van der Waals surface area contributed by atoms with Crippen molar-refractivity contribution >= 4 is 11.7 Å². The van der Waals surface area contributed by atoms with E-state index in [2.05, 4.69) is 18.7 Å². The smallest absolute Gasteiger partial charge is 1.00 e. The third kappa shape index (κ3) is 11.9. The van der Waals surface area contributed by atoms with Crippen molar-refractivity contribution in [3.05, 3.63) is 29.8 Å². The number of anilines is 1. The van der Waals surface area contributed by atoms with Crippen LogP contribution in [0.2, 0.25) is 0 Å². The zero-order valence-corrected chi connectivity index (χ0v) is 15.4. The molecule has 1 aromatic rings. The van der Waals surface area contributed by atoms with Crippen molar-refractivity contribution in [1.29, 1.82) is 0 Å². The van der Waals surface area contributed by atoms with Crippen LogP contribution in [0.15, 0.2) is 24.3 Å². The first-order valence-corrected chi connectivity index (χ1v) is 7.91. The van der Waals surface area contributed by atoms with Crippen LogP contribution >= 0.6 is 0 Å². The van der Waals surface area contributed by atoms with E-state index in [4.69, 9.17) is 15.2 Å². The van der Waals surface area contributed by atoms with E-state index < -0.39 is 0 Å². The van der Waals surface area contributed by atoms with E-state index >= 15 is 0 Å². The molecule has 0 radical (unpaired) electrons. The highest BCUT2D eigenvalue weighted by atomic mass is 35.5. The predicted octanol–water partition coefficient (Wildman–Crippen LogP) is -0.0733. The number of hydrogen-bond acceptors (Lipinski definition) is 5. The van der Waals surface area contributed by atoms with Gasteiger partial charge in [0.05, 0.1) is 5.56 Å². The van der Waals surface area contributed by atoms with Crippen molar-refractivity contribution in [1.82, 2.24) is 4.90 Å². The van der Waals surface area contributed by atoms with Crippen molar-refractivity contribution in [2.75, 3.05) is 45.2 Å². The molecule has 23 heavy (non-hydrogen) atoms. The first-order chi connectivity index (χ1) is 10.6. The Balaban J connectivity index is -0.000000554. The van der Waals surface area contributed by atoms with Gasteiger partial charge in [-0.05, 0) is 51.2 Å². The first kappa shape index (κ1) is 24.0. The van der Waals surface area contributed by atoms with Crippen LogP contribution in [0, 0.1) is 0 Å². The number of carbonyl (C=O) groups is 1. The van der Waals surface area contributed by atoms with Crippen LogP contribution in [-0.2, 0) is 9.47 Å². The predicted molar refractivity (Wildman–Crippen MR) is 92.2 cm³/mol. The number of hydrogen-bond donors (Lipinski definition) is 1. The molecule has 0 heterocycles. The van der Waals surface area contributed by atoms with Gasteiger partial charge >= 0.3 is 7.40 Å². The third-order valence-corrected chi connectivity index (χ3v) is 3.09. The van der Waals surface area contributed by atoms with Crippen molar-refractivity contribution in [3.8, 4) is 0 Å². The van der Waals surface area contributed by atoms with Gasteiger partial charge in [-0.15, -0.1) is 0 Å². The average molecular weight is 347 g/mol. The number of ether oxygens (including phenoxy) is 2. The van der Waals surface area contributed by atoms with Gasteiger partial charge in [-0.25, -0.2) is 4.79 Å². The molecular weight excluding hydrogens is 316 g/mol. The maximum absolute atomic E-state index is 11.6. The Labute approximate surface area is 148 Å². The monoisotopic (exact) mass is 346 g/mol. The summed E-state index contributed by atoms with van der Waals surface area (Å²) in [6.45, 7) is 13.0. The van der Waals surface area contributed by atoms with Crippen molar-refractivity contribution < 1.29 is 28.1 Å². The molecule has 6 heteroatoms. The van der Waals surface area contributed by atoms with Gasteiger partial charge in [0.25, 0.3) is 0 Å². The van der Waals surface area contributed by atoms with Gasteiger partial charge < -0.3 is 32.5 Å². The van der Waals surface area contributed by atoms with Gasteiger partial charge in [-0.1, -0.05) is 13.8 Å². The van der Waals surface area contributed by atoms with Crippen molar-refractivity contribution in [2.45, 2.75) is 27.7 Å². The van der Waals surface area contributed by atoms with E-state index in [1.807, 2.05) is 13.8 Å². The van der Waals surface area contributed by atoms with Crippen LogP contribution in [0.4, 0.5) is 5.69 Å². The zero-order valence-electron chi connectivity index (χ0n) is 15.7. The van der Waals surface area contributed by atoms with Gasteiger partial charge in [0.2, 0.25) is 0 Å². The van der Waals surface area contributed by atoms with Gasteiger partial charge in [0, 0.05) is 25.4 Å². The van der Waals surface area contributed by atoms with Gasteiger partial charge in [-0.2, -0.15) is 0 Å². The van der Waals surface area contributed by atoms with E-state index in [0.717, 1.165) is 32.8 Å². The third-order valence-electron chi connectivity index (χ3n) is 3.09. The summed E-state index contributed by atoms with van der Waals surface area (Å²) < 4.78 is 10.0. The molecule has 0 saturated heterocycles. The number of benzene rings is 1. The standard InChI is InChI=1S/C13H20N2O2.C4H10O.ClH/c1-3-15(4-2)9-10-17-13(16)11-5-7-12(14)8-6-11;1-3-5-4-2;/h5-8H,3-4,9-10,14H2,1-2H3;3-4H2,1-2H3;1H. The van der Waals surface area contributed by atoms with Crippen LogP contribution in [-0.4, -0.2) is 50.3 Å². The second kappa shape index (κ2) is 15.6. The number of nitrogen functional groups attached to an aromatic ring is 1. The Kier molecular flexibility index (Phi) is 16.2. The number of carbonyl (C=O) groups excluding carboxylic acids is 1. The molecule has 134 valence electrons. The Morgan fingerprint density at radius 1 is 1.09 bits per heavy atom. The number of esters is 1. The summed E-state index contributed by atoms with van der Waals surface area (Å²) in [6.07, 6.45) is 0. The Bertz CT molecular complexity index is 399. The van der Waals surface area contributed by atoms with Crippen LogP contribution in [0.25, 0.3) is 0 Å². The van der Waals surface area contributed by atoms with Gasteiger partial charge in [0.1, 0.15) is 6.61 Å². The normalized spacial score (nSPS) is 9.61. The van der Waals surface area contributed by atoms with Crippen molar-refractivity contribution in [3.63, 3.8) is 0 Å². The fraction of sp³-hybridized carbons (Fsp3) is 0.588. The van der Waals surface area contributed by atoms with E-state index in [1.165, 1.54) is 0 Å². The summed E-state index contributed by atoms with van der Waals surface area (Å²) in [4.78, 5) is 13.8. The minimum Gasteiger partial charge on any atom is -1.00 e. The minimum atomic E-state index is -0.294. The second-order valence-corrected chi connectivity index (χ2v) is 4.57. The molecule has 0 aliphatic heterocycles. The number of likely N-dealkylation sites (N-methyl/N-ethyl adjacent to an activating group) is 1. The molecule has 2 N–H and O–H groups in total. The van der Waals surface area contributed by atoms with E-state index in [1.54, 1.807) is 24.3 Å². The molecule has 1 aromatic carbocycles. The highest BCUT2D eigenvalue weighted by molar-refractivity contribution is 5.89. The summed E-state index contributed by atoms with van der Waals surface area (Å²) in [5.41, 5.74) is 6.73. The molecule has 0 atom stereocenters. The lowest BCUT2D eigenvalue weighted by atomic mass is 10.2. The van der Waals surface area contributed by atoms with Crippen LogP contribution in [0.3, 0.4) is 0 Å². The Morgan fingerprint density at radius 3 is 2.00 bits per heavy atom. The number of nitrogens with zero attached hydrogens (tertiary/aromatic N) is 1. The molecule has 0 aliphatic rings. The Hall–Kier alpha value is -1.30. The van der Waals surface area contributed by atoms with Crippen LogP contribution in [0.1, 0.15) is 39.5 Å². The molecule has 0 amide bonds. The fourth-order valence-corrected chi connectivity index (χ4v) is 1.71. The molecular formula is C17H31ClN2O3. The van der Waals surface area contributed by atoms with Crippen LogP contribution in [0.5, 0.6) is 0 Å². The van der Waals surface area contributed by atoms with E-state index in [0.29, 0.717) is 17.9 Å². The van der Waals surface area contributed by atoms with Gasteiger partial charge in [0.15, 0.2) is 0 Å². The fourth-order valence-electron chi connectivity index (χ4n) is 1.71. The maximum Gasteiger partial charge on any atom is 1.00 e. The van der Waals surface area contributed by atoms with Crippen molar-refractivity contribution in [2.24, 2.45) is 0 Å². The molecule has 0 saturated carbocycles. The van der Waals surface area contributed by atoms with E-state index in [9.17, 15) is 4.79 Å². The van der Waals surface area contributed by atoms with Crippen LogP contribution < -0.4 is 18.1 Å². The SMILES string of the molecule is CCN(CC)CCOC(=O)c1ccc(N)cc1.CCOCC.[Cl-].[H+]. The molecule has 1 rings (SSSR count). The Morgan fingerprint density at radius 2 is 1.61 bits per heavy atom. The summed E-state index contributed by atoms with van der Waals surface area (Å²) in [6, 6.07) is 6.74. The average Bonchev–Trinajstić information content (AvgIpc) is 2.53. The summed E-state index contributed by atoms with van der Waals surface area (Å²) >= 11 is 0. The number of rotatable bonds is 8. The lowest BCUT2D eigenvalue weighted by Gasteiger charge is -2.17. The summed E-state index contributed by atoms with van der Waals surface area (Å²) in [7, 11) is 0. The first-order valence-electron chi connectivity index (χ1n) is 7.91. The summed E-state index contributed by atoms with van der Waals surface area (Å²) in [5.74, 6) is -0.294. The largest absolute Gasteiger partial charge is 1.00 e. The molecule has 0 aliphatic carbocycles. The number of nitrogens with two attached hydrogens (primary N) is 1. The highest BCUT2D eigenvalue weighted by Crippen LogP contribution is 2.06. The van der Waals surface area contributed by atoms with Gasteiger partial charge in [-0.3, -0.25) is 0 Å². The highest BCUT2D eigenvalue weighted by Gasteiger charge is 2.07. The molecule has 0 bridgehead atoms. The number of halogens is 1. The second-order valence-electron chi connectivity index (χ2n) is 4.57. The summed E-state index contributed by atoms with van der Waals surface area (Å²) in [5, 5.41) is 0. The molecule has 0 unspecified atom stereocenters. The maximum atomic E-state index is 11.6. The topological polar surface area (TPSA) is 64.8 Å².